The van der Waals surface area contributed by atoms with Crippen LogP contribution in [0.1, 0.15) is 37.7 Å². The fourth-order valence-electron chi connectivity index (χ4n) is 4.27. The van der Waals surface area contributed by atoms with E-state index in [-0.39, 0.29) is 23.9 Å². The van der Waals surface area contributed by atoms with Crippen molar-refractivity contribution in [3.63, 3.8) is 0 Å². The first-order valence-corrected chi connectivity index (χ1v) is 9.41. The van der Waals surface area contributed by atoms with E-state index >= 15 is 0 Å². The minimum absolute atomic E-state index is 0.0527. The van der Waals surface area contributed by atoms with Gasteiger partial charge in [0, 0.05) is 36.7 Å². The van der Waals surface area contributed by atoms with Crippen LogP contribution in [0.5, 0.6) is 0 Å². The number of esters is 1. The molecule has 1 aromatic rings. The minimum atomic E-state index is -0.567. The van der Waals surface area contributed by atoms with Gasteiger partial charge in [-0.05, 0) is 25.3 Å². The number of allylic oxidation sites excluding steroid dienone is 2. The van der Waals surface area contributed by atoms with Crippen LogP contribution in [0.4, 0.5) is 0 Å². The first-order valence-electron chi connectivity index (χ1n) is 9.41. The summed E-state index contributed by atoms with van der Waals surface area (Å²) in [7, 11) is 0. The number of amides is 1. The van der Waals surface area contributed by atoms with Crippen LogP contribution >= 0.6 is 0 Å². The number of ether oxygens (including phenoxy) is 1. The Balaban J connectivity index is 1.98. The van der Waals surface area contributed by atoms with Crippen LogP contribution in [0.2, 0.25) is 0 Å². The quantitative estimate of drug-likeness (QED) is 0.829. The summed E-state index contributed by atoms with van der Waals surface area (Å²) in [5, 5.41) is 2.83. The number of benzene rings is 1. The topological polar surface area (TPSA) is 75.7 Å². The highest BCUT2D eigenvalue weighted by atomic mass is 16.5. The van der Waals surface area contributed by atoms with Gasteiger partial charge in [0.25, 0.3) is 5.91 Å². The maximum absolute atomic E-state index is 12.9. The Morgan fingerprint density at radius 2 is 2.00 bits per heavy atom. The summed E-state index contributed by atoms with van der Waals surface area (Å²) >= 11 is 0. The Kier molecular flexibility index (Phi) is 4.56. The molecule has 2 aliphatic heterocycles. The van der Waals surface area contributed by atoms with Crippen molar-refractivity contribution in [3.05, 3.63) is 58.4 Å². The molecular weight excluding hydrogens is 344 g/mol. The van der Waals surface area contributed by atoms with Crippen LogP contribution in [-0.4, -0.2) is 42.3 Å². The molecule has 1 unspecified atom stereocenters. The van der Waals surface area contributed by atoms with Gasteiger partial charge in [-0.15, -0.1) is 0 Å². The maximum Gasteiger partial charge on any atom is 0.337 e. The van der Waals surface area contributed by atoms with Gasteiger partial charge in [0.15, 0.2) is 5.78 Å². The van der Waals surface area contributed by atoms with Crippen LogP contribution in [0.25, 0.3) is 0 Å². The lowest BCUT2D eigenvalue weighted by Crippen LogP contribution is -2.50. The second kappa shape index (κ2) is 7.02. The third kappa shape index (κ3) is 2.85. The predicted octanol–water partition coefficient (Wildman–Crippen LogP) is 2.04. The number of fused-ring (bicyclic) bond motifs is 2. The minimum Gasteiger partial charge on any atom is -0.463 e. The van der Waals surface area contributed by atoms with Crippen molar-refractivity contribution < 1.29 is 19.1 Å². The lowest BCUT2D eigenvalue weighted by Gasteiger charge is -2.43. The van der Waals surface area contributed by atoms with E-state index in [4.69, 9.17) is 4.74 Å². The summed E-state index contributed by atoms with van der Waals surface area (Å²) in [6.45, 7) is 2.98. The average molecular weight is 366 g/mol. The van der Waals surface area contributed by atoms with Crippen molar-refractivity contribution in [3.8, 4) is 0 Å². The summed E-state index contributed by atoms with van der Waals surface area (Å²) in [6, 6.07) is 9.44. The van der Waals surface area contributed by atoms with Crippen molar-refractivity contribution in [2.75, 3.05) is 19.7 Å². The molecule has 1 amide bonds. The molecule has 1 N–H and O–H groups in total. The molecule has 0 aromatic heterocycles. The summed E-state index contributed by atoms with van der Waals surface area (Å²) in [5.74, 6) is -1.33. The highest BCUT2D eigenvalue weighted by Gasteiger charge is 2.45. The SMILES string of the molecule is CCOC(=O)C1=C2C(=O)NCCN2C2=C(C(=O)CCC2)C1c1ccccc1. The fraction of sp³-hybridized carbons (Fsp3) is 0.381. The number of piperazine rings is 1. The summed E-state index contributed by atoms with van der Waals surface area (Å²) in [4.78, 5) is 40.5. The zero-order valence-electron chi connectivity index (χ0n) is 15.3. The van der Waals surface area contributed by atoms with Crippen molar-refractivity contribution in [2.45, 2.75) is 32.1 Å². The van der Waals surface area contributed by atoms with Gasteiger partial charge in [0.1, 0.15) is 5.70 Å². The van der Waals surface area contributed by atoms with Crippen molar-refractivity contribution in [2.24, 2.45) is 0 Å². The number of hydrogen-bond donors (Lipinski definition) is 1. The number of ketones is 1. The van der Waals surface area contributed by atoms with Crippen LogP contribution in [-0.2, 0) is 19.1 Å². The molecule has 0 saturated carbocycles. The summed E-state index contributed by atoms with van der Waals surface area (Å²) in [6.07, 6.45) is 1.96. The van der Waals surface area contributed by atoms with Gasteiger partial charge in [-0.3, -0.25) is 9.59 Å². The summed E-state index contributed by atoms with van der Waals surface area (Å²) < 4.78 is 5.31. The Labute approximate surface area is 157 Å². The zero-order valence-corrected chi connectivity index (χ0v) is 15.3. The van der Waals surface area contributed by atoms with Crippen LogP contribution in [0.15, 0.2) is 52.9 Å². The molecule has 4 rings (SSSR count). The van der Waals surface area contributed by atoms with E-state index in [0.717, 1.165) is 24.1 Å². The second-order valence-corrected chi connectivity index (χ2v) is 6.87. The van der Waals surface area contributed by atoms with Gasteiger partial charge >= 0.3 is 5.97 Å². The molecule has 1 fully saturated rings. The summed E-state index contributed by atoms with van der Waals surface area (Å²) in [5.41, 5.74) is 2.97. The lowest BCUT2D eigenvalue weighted by atomic mass is 9.74. The zero-order chi connectivity index (χ0) is 19.0. The fourth-order valence-corrected chi connectivity index (χ4v) is 4.27. The molecule has 0 radical (unpaired) electrons. The molecular formula is C21H22N2O4. The monoisotopic (exact) mass is 366 g/mol. The number of carbonyl (C=O) groups excluding carboxylic acids is 3. The van der Waals surface area contributed by atoms with Gasteiger partial charge in [0.05, 0.1) is 12.2 Å². The third-order valence-corrected chi connectivity index (χ3v) is 5.32. The van der Waals surface area contributed by atoms with E-state index in [1.165, 1.54) is 0 Å². The highest BCUT2D eigenvalue weighted by Crippen LogP contribution is 2.46. The molecule has 27 heavy (non-hydrogen) atoms. The normalized spacial score (nSPS) is 22.3. The number of Topliss-reactive ketones (excluding diaryl/α,β-unsaturated/α-hetero) is 1. The molecule has 2 heterocycles. The molecule has 0 bridgehead atoms. The van der Waals surface area contributed by atoms with E-state index in [1.807, 2.05) is 35.2 Å². The molecule has 1 atom stereocenters. The Morgan fingerprint density at radius 1 is 1.22 bits per heavy atom. The average Bonchev–Trinajstić information content (AvgIpc) is 2.68. The Bertz CT molecular complexity index is 869. The third-order valence-electron chi connectivity index (χ3n) is 5.32. The standard InChI is InChI=1S/C21H22N2O4/c1-2-27-21(26)18-16(13-7-4-3-5-8-13)17-14(9-6-10-15(17)24)23-12-11-22-20(25)19(18)23/h3-5,7-8,16H,2,6,9-12H2,1H3,(H,22,25). The first kappa shape index (κ1) is 17.5. The number of nitrogens with one attached hydrogen (secondary N) is 1. The van der Waals surface area contributed by atoms with E-state index in [0.29, 0.717) is 30.8 Å². The Hall–Kier alpha value is -2.89. The van der Waals surface area contributed by atoms with E-state index in [9.17, 15) is 14.4 Å². The molecule has 6 nitrogen and oxygen atoms in total. The van der Waals surface area contributed by atoms with Crippen LogP contribution in [0.3, 0.4) is 0 Å². The predicted molar refractivity (Wildman–Crippen MR) is 98.4 cm³/mol. The van der Waals surface area contributed by atoms with Crippen LogP contribution in [0, 0.1) is 0 Å². The van der Waals surface area contributed by atoms with E-state index < -0.39 is 11.9 Å². The number of rotatable bonds is 3. The molecule has 140 valence electrons. The molecule has 1 saturated heterocycles. The largest absolute Gasteiger partial charge is 0.463 e. The van der Waals surface area contributed by atoms with Crippen molar-refractivity contribution in [1.29, 1.82) is 0 Å². The van der Waals surface area contributed by atoms with Gasteiger partial charge in [0.2, 0.25) is 0 Å². The van der Waals surface area contributed by atoms with Crippen LogP contribution < -0.4 is 5.32 Å². The first-order chi connectivity index (χ1) is 13.1. The van der Waals surface area contributed by atoms with Gasteiger partial charge in [-0.25, -0.2) is 4.79 Å². The molecule has 1 aliphatic carbocycles. The maximum atomic E-state index is 12.9. The highest BCUT2D eigenvalue weighted by molar-refractivity contribution is 6.09. The molecule has 6 heteroatoms. The Morgan fingerprint density at radius 3 is 2.74 bits per heavy atom. The lowest BCUT2D eigenvalue weighted by molar-refractivity contribution is -0.139. The van der Waals surface area contributed by atoms with Gasteiger partial charge in [-0.1, -0.05) is 30.3 Å². The number of nitrogens with zero attached hydrogens (tertiary/aromatic N) is 1. The molecule has 0 spiro atoms. The van der Waals surface area contributed by atoms with E-state index in [2.05, 4.69) is 5.32 Å². The van der Waals surface area contributed by atoms with E-state index in [1.54, 1.807) is 6.92 Å². The van der Waals surface area contributed by atoms with Crippen molar-refractivity contribution >= 4 is 17.7 Å². The van der Waals surface area contributed by atoms with Gasteiger partial charge < -0.3 is 15.0 Å². The smallest absolute Gasteiger partial charge is 0.337 e. The van der Waals surface area contributed by atoms with Gasteiger partial charge in [-0.2, -0.15) is 0 Å². The van der Waals surface area contributed by atoms with Crippen molar-refractivity contribution in [1.82, 2.24) is 10.2 Å². The second-order valence-electron chi connectivity index (χ2n) is 6.87. The number of carbonyl (C=O) groups is 3. The molecule has 1 aromatic carbocycles. The number of hydrogen-bond acceptors (Lipinski definition) is 5. The molecule has 3 aliphatic rings.